The van der Waals surface area contributed by atoms with Crippen molar-refractivity contribution in [3.8, 4) is 0 Å². The lowest BCUT2D eigenvalue weighted by Gasteiger charge is -2.39. The molecule has 1 aromatic carbocycles. The highest BCUT2D eigenvalue weighted by Crippen LogP contribution is 2.42. The van der Waals surface area contributed by atoms with Gasteiger partial charge in [0.15, 0.2) is 5.69 Å². The fraction of sp³-hybridized carbons (Fsp3) is 0.429. The predicted octanol–water partition coefficient (Wildman–Crippen LogP) is 3.85. The maximum Gasteiger partial charge on any atom is 0.417 e. The summed E-state index contributed by atoms with van der Waals surface area (Å²) in [6, 6.07) is 3.76. The van der Waals surface area contributed by atoms with E-state index in [0.717, 1.165) is 22.9 Å². The van der Waals surface area contributed by atoms with Crippen molar-refractivity contribution in [2.45, 2.75) is 25.4 Å². The van der Waals surface area contributed by atoms with Gasteiger partial charge in [0.1, 0.15) is 0 Å². The van der Waals surface area contributed by atoms with E-state index in [4.69, 9.17) is 16.7 Å². The van der Waals surface area contributed by atoms with E-state index in [0.29, 0.717) is 45.4 Å². The van der Waals surface area contributed by atoms with Gasteiger partial charge in [-0.15, -0.1) is 0 Å². The Morgan fingerprint density at radius 3 is 2.24 bits per heavy atom. The van der Waals surface area contributed by atoms with E-state index in [2.05, 4.69) is 5.10 Å². The van der Waals surface area contributed by atoms with Crippen molar-refractivity contribution >= 4 is 29.5 Å². The number of carbonyl (C=O) groups is 3. The van der Waals surface area contributed by atoms with Gasteiger partial charge in [-0.05, 0) is 48.9 Å². The fourth-order valence-corrected chi connectivity index (χ4v) is 4.66. The van der Waals surface area contributed by atoms with Gasteiger partial charge in [-0.1, -0.05) is 11.6 Å². The molecule has 8 nitrogen and oxygen atoms in total. The van der Waals surface area contributed by atoms with Gasteiger partial charge < -0.3 is 14.9 Å². The molecule has 3 heterocycles. The summed E-state index contributed by atoms with van der Waals surface area (Å²) < 4.78 is 41.1. The molecule has 2 aliphatic rings. The normalized spacial score (nSPS) is 18.1. The summed E-state index contributed by atoms with van der Waals surface area (Å²) in [5.74, 6) is -1.94. The van der Waals surface area contributed by atoms with Crippen molar-refractivity contribution in [3.05, 3.63) is 52.3 Å². The third-order valence-electron chi connectivity index (χ3n) is 6.34. The monoisotopic (exact) mass is 484 g/mol. The molecule has 0 saturated carbocycles. The number of rotatable bonds is 2. The van der Waals surface area contributed by atoms with Crippen LogP contribution < -0.4 is 0 Å². The molecular formula is C21H20ClF3N4O4. The van der Waals surface area contributed by atoms with E-state index in [1.165, 1.54) is 17.2 Å². The van der Waals surface area contributed by atoms with Crippen LogP contribution in [-0.2, 0) is 6.18 Å². The highest BCUT2D eigenvalue weighted by Gasteiger charge is 2.44. The Balaban J connectivity index is 1.42. The number of halogens is 4. The molecule has 2 fully saturated rings. The van der Waals surface area contributed by atoms with Gasteiger partial charge in [-0.3, -0.25) is 4.79 Å². The van der Waals surface area contributed by atoms with Gasteiger partial charge >= 0.3 is 18.2 Å². The maximum atomic E-state index is 13.4. The number of amides is 2. The molecule has 12 heteroatoms. The first-order valence-corrected chi connectivity index (χ1v) is 10.6. The molecule has 0 unspecified atom stereocenters. The number of likely N-dealkylation sites (tertiary alicyclic amines) is 2. The lowest BCUT2D eigenvalue weighted by atomic mass is 9.78. The Bertz CT molecular complexity index is 1110. The molecule has 0 atom stereocenters. The first-order chi connectivity index (χ1) is 15.5. The SMILES string of the molecule is O=C(O)c1ccn(C(=O)N2CCC3(CCN(C(=O)c4cc(Cl)ccc4C(F)(F)F)C3)CC2)n1. The van der Waals surface area contributed by atoms with Crippen LogP contribution in [-0.4, -0.2) is 68.8 Å². The summed E-state index contributed by atoms with van der Waals surface area (Å²) in [5, 5.41) is 12.8. The van der Waals surface area contributed by atoms with Crippen molar-refractivity contribution in [2.75, 3.05) is 26.2 Å². The molecular weight excluding hydrogens is 465 g/mol. The second-order valence-electron chi connectivity index (χ2n) is 8.38. The lowest BCUT2D eigenvalue weighted by molar-refractivity contribution is -0.138. The number of carbonyl (C=O) groups excluding carboxylic acids is 2. The molecule has 2 amide bonds. The molecule has 2 saturated heterocycles. The maximum absolute atomic E-state index is 13.4. The first kappa shape index (κ1) is 23.1. The Morgan fingerprint density at radius 1 is 1.03 bits per heavy atom. The number of carboxylic acids is 1. The molecule has 1 aromatic heterocycles. The van der Waals surface area contributed by atoms with Crippen molar-refractivity contribution < 1.29 is 32.7 Å². The number of alkyl halides is 3. The van der Waals surface area contributed by atoms with Crippen LogP contribution in [0, 0.1) is 5.41 Å². The summed E-state index contributed by atoms with van der Waals surface area (Å²) in [5.41, 5.74) is -2.01. The Kier molecular flexibility index (Phi) is 5.85. The average Bonchev–Trinajstić information content (AvgIpc) is 3.41. The van der Waals surface area contributed by atoms with Gasteiger partial charge in [-0.2, -0.15) is 23.0 Å². The number of carboxylic acid groups (broad SMARTS) is 1. The molecule has 0 radical (unpaired) electrons. The number of piperidine rings is 1. The summed E-state index contributed by atoms with van der Waals surface area (Å²) in [7, 11) is 0. The average molecular weight is 485 g/mol. The molecule has 176 valence electrons. The largest absolute Gasteiger partial charge is 0.476 e. The first-order valence-electron chi connectivity index (χ1n) is 10.2. The molecule has 1 N–H and O–H groups in total. The van der Waals surface area contributed by atoms with Crippen molar-refractivity contribution in [1.82, 2.24) is 19.6 Å². The second-order valence-corrected chi connectivity index (χ2v) is 8.82. The van der Waals surface area contributed by atoms with Crippen LogP contribution in [0.15, 0.2) is 30.5 Å². The molecule has 1 spiro atoms. The zero-order valence-electron chi connectivity index (χ0n) is 17.3. The topological polar surface area (TPSA) is 95.7 Å². The van der Waals surface area contributed by atoms with Gasteiger partial charge in [-0.25, -0.2) is 9.59 Å². The highest BCUT2D eigenvalue weighted by molar-refractivity contribution is 6.31. The summed E-state index contributed by atoms with van der Waals surface area (Å²) >= 11 is 5.86. The van der Waals surface area contributed by atoms with E-state index in [9.17, 15) is 27.6 Å². The third kappa shape index (κ3) is 4.54. The van der Waals surface area contributed by atoms with Gasteiger partial charge in [0.25, 0.3) is 5.91 Å². The number of benzene rings is 1. The lowest BCUT2D eigenvalue weighted by Crippen LogP contribution is -2.46. The van der Waals surface area contributed by atoms with Crippen LogP contribution in [0.3, 0.4) is 0 Å². The summed E-state index contributed by atoms with van der Waals surface area (Å²) in [6.45, 7) is 1.35. The van der Waals surface area contributed by atoms with E-state index in [-0.39, 0.29) is 16.1 Å². The zero-order chi connectivity index (χ0) is 24.0. The summed E-state index contributed by atoms with van der Waals surface area (Å²) in [4.78, 5) is 39.5. The Morgan fingerprint density at radius 2 is 1.67 bits per heavy atom. The van der Waals surface area contributed by atoms with Crippen LogP contribution in [0.4, 0.5) is 18.0 Å². The molecule has 33 heavy (non-hydrogen) atoms. The highest BCUT2D eigenvalue weighted by atomic mass is 35.5. The van der Waals surface area contributed by atoms with Crippen LogP contribution in [0.5, 0.6) is 0 Å². The molecule has 0 aliphatic carbocycles. The van der Waals surface area contributed by atoms with Gasteiger partial charge in [0.05, 0.1) is 11.1 Å². The minimum absolute atomic E-state index is 0.0526. The molecule has 2 aliphatic heterocycles. The van der Waals surface area contributed by atoms with E-state index in [1.807, 2.05) is 0 Å². The minimum atomic E-state index is -4.67. The number of aromatic carboxylic acids is 1. The molecule has 2 aromatic rings. The van der Waals surface area contributed by atoms with Crippen molar-refractivity contribution in [3.63, 3.8) is 0 Å². The second kappa shape index (κ2) is 8.36. The molecule has 4 rings (SSSR count). The quantitative estimate of drug-likeness (QED) is 0.698. The Labute approximate surface area is 191 Å². The number of hydrogen-bond acceptors (Lipinski definition) is 4. The van der Waals surface area contributed by atoms with E-state index < -0.39 is 35.2 Å². The standard InChI is InChI=1S/C21H20ClF3N4O4/c22-13-1-2-15(21(23,24)25)14(11-13)17(30)28-10-6-20(12-28)4-8-27(9-5-20)19(33)29-7-3-16(26-29)18(31)32/h1-3,7,11H,4-6,8-10,12H2,(H,31,32). The smallest absolute Gasteiger partial charge is 0.417 e. The number of hydrogen-bond donors (Lipinski definition) is 1. The fourth-order valence-electron chi connectivity index (χ4n) is 4.49. The van der Waals surface area contributed by atoms with Crippen LogP contribution in [0.25, 0.3) is 0 Å². The zero-order valence-corrected chi connectivity index (χ0v) is 18.1. The van der Waals surface area contributed by atoms with Crippen LogP contribution in [0.2, 0.25) is 5.02 Å². The minimum Gasteiger partial charge on any atom is -0.476 e. The van der Waals surface area contributed by atoms with Crippen LogP contribution in [0.1, 0.15) is 45.7 Å². The van der Waals surface area contributed by atoms with Crippen LogP contribution >= 0.6 is 11.6 Å². The van der Waals surface area contributed by atoms with E-state index in [1.54, 1.807) is 4.90 Å². The van der Waals surface area contributed by atoms with Gasteiger partial charge in [0, 0.05) is 37.4 Å². The number of aromatic nitrogens is 2. The van der Waals surface area contributed by atoms with Crippen molar-refractivity contribution in [2.24, 2.45) is 5.41 Å². The Hall–Kier alpha value is -3.08. The predicted molar refractivity (Wildman–Crippen MR) is 110 cm³/mol. The third-order valence-corrected chi connectivity index (χ3v) is 6.58. The van der Waals surface area contributed by atoms with Gasteiger partial charge in [0.2, 0.25) is 0 Å². The van der Waals surface area contributed by atoms with E-state index >= 15 is 0 Å². The van der Waals surface area contributed by atoms with Crippen molar-refractivity contribution in [1.29, 1.82) is 0 Å². The summed E-state index contributed by atoms with van der Waals surface area (Å²) in [6.07, 6.45) is -1.64. The molecule has 0 bridgehead atoms. The number of nitrogens with zero attached hydrogens (tertiary/aromatic N) is 4.